The number of H-pyrrole nitrogens is 1. The monoisotopic (exact) mass is 414 g/mol. The highest BCUT2D eigenvalue weighted by Gasteiger charge is 2.14. The van der Waals surface area contributed by atoms with E-state index in [9.17, 15) is 9.90 Å². The molecule has 1 heterocycles. The molecular weight excluding hydrogens is 392 g/mol. The normalized spacial score (nSPS) is 11.8. The number of esters is 1. The molecule has 1 unspecified atom stereocenters. The van der Waals surface area contributed by atoms with Crippen LogP contribution in [-0.2, 0) is 17.9 Å². The zero-order valence-corrected chi connectivity index (χ0v) is 16.8. The number of rotatable bonds is 9. The Morgan fingerprint density at radius 1 is 1.17 bits per heavy atom. The maximum Gasteiger partial charge on any atom is 0.355 e. The predicted molar refractivity (Wildman–Crippen MR) is 111 cm³/mol. The summed E-state index contributed by atoms with van der Waals surface area (Å²) in [6.07, 6.45) is -0.783. The standard InChI is InChI=1S/C22H23ClN2O4/c1-28-21-10-7-16(23)11-18(21)20(26)13-24-12-17-8-9-19(25-17)22(27)29-14-15-5-3-2-4-6-15/h2-11,20,24-26H,12-14H2,1H3. The molecule has 6 nitrogen and oxygen atoms in total. The van der Waals surface area contributed by atoms with E-state index in [1.165, 1.54) is 0 Å². The van der Waals surface area contributed by atoms with Crippen molar-refractivity contribution in [1.82, 2.24) is 10.3 Å². The fraction of sp³-hybridized carbons (Fsp3) is 0.227. The minimum absolute atomic E-state index is 0.222. The maximum absolute atomic E-state index is 12.2. The summed E-state index contributed by atoms with van der Waals surface area (Å²) >= 11 is 6.01. The molecule has 0 fully saturated rings. The molecule has 1 aromatic heterocycles. The smallest absolute Gasteiger partial charge is 0.355 e. The van der Waals surface area contributed by atoms with Crippen LogP contribution >= 0.6 is 11.6 Å². The highest BCUT2D eigenvalue weighted by molar-refractivity contribution is 6.30. The van der Waals surface area contributed by atoms with Gasteiger partial charge in [0.05, 0.1) is 13.2 Å². The summed E-state index contributed by atoms with van der Waals surface area (Å²) in [7, 11) is 1.55. The number of hydrogen-bond acceptors (Lipinski definition) is 5. The number of aliphatic hydroxyl groups is 1. The molecule has 0 saturated heterocycles. The number of ether oxygens (including phenoxy) is 2. The average molecular weight is 415 g/mol. The van der Waals surface area contributed by atoms with Crippen LogP contribution < -0.4 is 10.1 Å². The van der Waals surface area contributed by atoms with Crippen LogP contribution in [0, 0.1) is 0 Å². The van der Waals surface area contributed by atoms with E-state index in [2.05, 4.69) is 10.3 Å². The lowest BCUT2D eigenvalue weighted by atomic mass is 10.1. The average Bonchev–Trinajstić information content (AvgIpc) is 3.21. The zero-order chi connectivity index (χ0) is 20.6. The fourth-order valence-corrected chi connectivity index (χ4v) is 3.06. The Bertz CT molecular complexity index is 943. The Morgan fingerprint density at radius 2 is 1.97 bits per heavy atom. The second-order valence-electron chi connectivity index (χ2n) is 6.49. The van der Waals surface area contributed by atoms with Gasteiger partial charge in [-0.25, -0.2) is 4.79 Å². The summed E-state index contributed by atoms with van der Waals surface area (Å²) in [5.74, 6) is 0.163. The number of benzene rings is 2. The van der Waals surface area contributed by atoms with Crippen LogP contribution in [0.5, 0.6) is 5.75 Å². The third-order valence-corrected chi connectivity index (χ3v) is 4.62. The SMILES string of the molecule is COc1ccc(Cl)cc1C(O)CNCc1ccc(C(=O)OCc2ccccc2)[nH]1. The van der Waals surface area contributed by atoms with Crippen LogP contribution in [-0.4, -0.2) is 29.7 Å². The number of aromatic nitrogens is 1. The molecule has 152 valence electrons. The Hall–Kier alpha value is -2.80. The third kappa shape index (κ3) is 5.84. The maximum atomic E-state index is 12.2. The summed E-state index contributed by atoms with van der Waals surface area (Å²) in [5.41, 5.74) is 2.74. The van der Waals surface area contributed by atoms with Crippen molar-refractivity contribution in [2.45, 2.75) is 19.3 Å². The Morgan fingerprint density at radius 3 is 2.72 bits per heavy atom. The molecule has 3 aromatic rings. The van der Waals surface area contributed by atoms with Gasteiger partial charge in [-0.15, -0.1) is 0 Å². The van der Waals surface area contributed by atoms with Crippen LogP contribution in [0.25, 0.3) is 0 Å². The number of aliphatic hydroxyl groups excluding tert-OH is 1. The predicted octanol–water partition coefficient (Wildman–Crippen LogP) is 3.86. The lowest BCUT2D eigenvalue weighted by Gasteiger charge is -2.15. The Kier molecular flexibility index (Phi) is 7.30. The van der Waals surface area contributed by atoms with E-state index >= 15 is 0 Å². The number of carbonyl (C=O) groups is 1. The van der Waals surface area contributed by atoms with Crippen molar-refractivity contribution >= 4 is 17.6 Å². The van der Waals surface area contributed by atoms with Gasteiger partial charge in [0.2, 0.25) is 0 Å². The second-order valence-corrected chi connectivity index (χ2v) is 6.93. The molecule has 0 bridgehead atoms. The number of halogens is 1. The molecule has 7 heteroatoms. The third-order valence-electron chi connectivity index (χ3n) is 4.38. The van der Waals surface area contributed by atoms with Gasteiger partial charge in [-0.1, -0.05) is 41.9 Å². The highest BCUT2D eigenvalue weighted by atomic mass is 35.5. The van der Waals surface area contributed by atoms with Crippen LogP contribution in [0.15, 0.2) is 60.7 Å². The minimum atomic E-state index is -0.783. The van der Waals surface area contributed by atoms with Gasteiger partial charge in [-0.3, -0.25) is 0 Å². The van der Waals surface area contributed by atoms with E-state index in [0.717, 1.165) is 11.3 Å². The number of nitrogens with one attached hydrogen (secondary N) is 2. The first-order valence-electron chi connectivity index (χ1n) is 9.18. The molecule has 0 radical (unpaired) electrons. The molecule has 0 aliphatic heterocycles. The summed E-state index contributed by atoms with van der Waals surface area (Å²) in [6, 6.07) is 18.1. The van der Waals surface area contributed by atoms with E-state index in [-0.39, 0.29) is 6.61 Å². The van der Waals surface area contributed by atoms with E-state index < -0.39 is 12.1 Å². The van der Waals surface area contributed by atoms with Crippen LogP contribution in [0.3, 0.4) is 0 Å². The van der Waals surface area contributed by atoms with E-state index in [1.807, 2.05) is 30.3 Å². The topological polar surface area (TPSA) is 83.6 Å². The van der Waals surface area contributed by atoms with Crippen LogP contribution in [0.1, 0.15) is 33.4 Å². The van der Waals surface area contributed by atoms with Crippen molar-refractivity contribution in [2.24, 2.45) is 0 Å². The Labute approximate surface area is 174 Å². The number of aromatic amines is 1. The molecule has 0 saturated carbocycles. The molecular formula is C22H23ClN2O4. The Balaban J connectivity index is 1.49. The number of methoxy groups -OCH3 is 1. The zero-order valence-electron chi connectivity index (χ0n) is 16.0. The lowest BCUT2D eigenvalue weighted by molar-refractivity contribution is 0.0466. The summed E-state index contributed by atoms with van der Waals surface area (Å²) in [5, 5.41) is 14.1. The first-order chi connectivity index (χ1) is 14.1. The first-order valence-corrected chi connectivity index (χ1v) is 9.55. The van der Waals surface area contributed by atoms with Crippen molar-refractivity contribution in [2.75, 3.05) is 13.7 Å². The summed E-state index contributed by atoms with van der Waals surface area (Å²) in [4.78, 5) is 15.2. The van der Waals surface area contributed by atoms with E-state index in [1.54, 1.807) is 37.4 Å². The van der Waals surface area contributed by atoms with Crippen molar-refractivity contribution in [3.63, 3.8) is 0 Å². The van der Waals surface area contributed by atoms with Crippen LogP contribution in [0.2, 0.25) is 5.02 Å². The van der Waals surface area contributed by atoms with Gasteiger partial charge in [0, 0.05) is 29.4 Å². The van der Waals surface area contributed by atoms with E-state index in [0.29, 0.717) is 35.1 Å². The van der Waals surface area contributed by atoms with Gasteiger partial charge in [-0.05, 0) is 35.9 Å². The van der Waals surface area contributed by atoms with Gasteiger partial charge in [0.1, 0.15) is 18.1 Å². The minimum Gasteiger partial charge on any atom is -0.496 e. The first kappa shape index (κ1) is 20.9. The lowest BCUT2D eigenvalue weighted by Crippen LogP contribution is -2.21. The van der Waals surface area contributed by atoms with Crippen molar-refractivity contribution in [3.05, 3.63) is 88.2 Å². The number of carbonyl (C=O) groups excluding carboxylic acids is 1. The number of hydrogen-bond donors (Lipinski definition) is 3. The van der Waals surface area contributed by atoms with E-state index in [4.69, 9.17) is 21.1 Å². The fourth-order valence-electron chi connectivity index (χ4n) is 2.88. The van der Waals surface area contributed by atoms with Crippen molar-refractivity contribution < 1.29 is 19.4 Å². The van der Waals surface area contributed by atoms with Crippen LogP contribution in [0.4, 0.5) is 0 Å². The van der Waals surface area contributed by atoms with Gasteiger partial charge in [0.25, 0.3) is 0 Å². The molecule has 2 aromatic carbocycles. The molecule has 0 spiro atoms. The van der Waals surface area contributed by atoms with Gasteiger partial charge >= 0.3 is 5.97 Å². The molecule has 1 atom stereocenters. The molecule has 3 N–H and O–H groups in total. The van der Waals surface area contributed by atoms with Gasteiger partial charge in [0.15, 0.2) is 0 Å². The molecule has 0 aliphatic rings. The van der Waals surface area contributed by atoms with Crippen molar-refractivity contribution in [3.8, 4) is 5.75 Å². The van der Waals surface area contributed by atoms with Gasteiger partial charge in [-0.2, -0.15) is 0 Å². The largest absolute Gasteiger partial charge is 0.496 e. The molecule has 0 amide bonds. The molecule has 29 heavy (non-hydrogen) atoms. The second kappa shape index (κ2) is 10.1. The highest BCUT2D eigenvalue weighted by Crippen LogP contribution is 2.28. The molecule has 3 rings (SSSR count). The summed E-state index contributed by atoms with van der Waals surface area (Å²) < 4.78 is 10.6. The summed E-state index contributed by atoms with van der Waals surface area (Å²) in [6.45, 7) is 0.968. The van der Waals surface area contributed by atoms with Gasteiger partial charge < -0.3 is 24.9 Å². The quantitative estimate of drug-likeness (QED) is 0.463. The molecule has 0 aliphatic carbocycles. The van der Waals surface area contributed by atoms with Crippen molar-refractivity contribution in [1.29, 1.82) is 0 Å².